The fourth-order valence-electron chi connectivity index (χ4n) is 2.45. The highest BCUT2D eigenvalue weighted by atomic mass is 16.2. The molecule has 0 spiro atoms. The standard InChI is InChI=1S/C17H14N2O3/c20-15-10-14(19-16(21)11-6-2-1-3-7-11)12-8-4-5-9-13(12)18-17(15)22/h1-9,14H,10H2,(H,18,22)(H,19,21). The molecule has 1 atom stereocenters. The highest BCUT2D eigenvalue weighted by Crippen LogP contribution is 2.28. The quantitative estimate of drug-likeness (QED) is 0.833. The van der Waals surface area contributed by atoms with Gasteiger partial charge in [-0.25, -0.2) is 0 Å². The number of fused-ring (bicyclic) bond motifs is 1. The molecular weight excluding hydrogens is 280 g/mol. The van der Waals surface area contributed by atoms with Crippen LogP contribution in [-0.2, 0) is 9.59 Å². The molecule has 1 aliphatic heterocycles. The van der Waals surface area contributed by atoms with Crippen molar-refractivity contribution < 1.29 is 14.4 Å². The average molecular weight is 294 g/mol. The maximum Gasteiger partial charge on any atom is 0.291 e. The Labute approximate surface area is 127 Å². The van der Waals surface area contributed by atoms with E-state index in [4.69, 9.17) is 0 Å². The Morgan fingerprint density at radius 3 is 2.45 bits per heavy atom. The summed E-state index contributed by atoms with van der Waals surface area (Å²) >= 11 is 0. The number of Topliss-reactive ketones (excluding diaryl/α,β-unsaturated/α-hetero) is 1. The molecule has 0 radical (unpaired) electrons. The zero-order valence-electron chi connectivity index (χ0n) is 11.7. The van der Waals surface area contributed by atoms with E-state index in [2.05, 4.69) is 10.6 Å². The lowest BCUT2D eigenvalue weighted by Crippen LogP contribution is -2.30. The maximum absolute atomic E-state index is 12.3. The van der Waals surface area contributed by atoms with Crippen molar-refractivity contribution in [1.29, 1.82) is 0 Å². The second kappa shape index (κ2) is 5.81. The van der Waals surface area contributed by atoms with Gasteiger partial charge in [0.2, 0.25) is 5.78 Å². The monoisotopic (exact) mass is 294 g/mol. The number of para-hydroxylation sites is 1. The van der Waals surface area contributed by atoms with Gasteiger partial charge in [0.25, 0.3) is 11.8 Å². The lowest BCUT2D eigenvalue weighted by atomic mass is 10.0. The fourth-order valence-corrected chi connectivity index (χ4v) is 2.45. The van der Waals surface area contributed by atoms with Gasteiger partial charge in [-0.3, -0.25) is 14.4 Å². The van der Waals surface area contributed by atoms with E-state index in [0.717, 1.165) is 5.56 Å². The van der Waals surface area contributed by atoms with E-state index in [1.807, 2.05) is 12.1 Å². The minimum absolute atomic E-state index is 0.0541. The number of benzene rings is 2. The van der Waals surface area contributed by atoms with Crippen molar-refractivity contribution in [1.82, 2.24) is 5.32 Å². The third kappa shape index (κ3) is 2.74. The van der Waals surface area contributed by atoms with Crippen molar-refractivity contribution in [3.8, 4) is 0 Å². The number of nitrogens with one attached hydrogen (secondary N) is 2. The van der Waals surface area contributed by atoms with Crippen LogP contribution in [0.5, 0.6) is 0 Å². The molecule has 2 aromatic rings. The molecule has 0 aliphatic carbocycles. The molecule has 1 aliphatic rings. The van der Waals surface area contributed by atoms with Gasteiger partial charge in [-0.15, -0.1) is 0 Å². The summed E-state index contributed by atoms with van der Waals surface area (Å²) in [6.45, 7) is 0. The number of ketones is 1. The van der Waals surface area contributed by atoms with Gasteiger partial charge in [0.1, 0.15) is 0 Å². The molecule has 3 rings (SSSR count). The van der Waals surface area contributed by atoms with E-state index < -0.39 is 17.7 Å². The van der Waals surface area contributed by atoms with Crippen molar-refractivity contribution in [2.45, 2.75) is 12.5 Å². The number of carbonyl (C=O) groups is 3. The Kier molecular flexibility index (Phi) is 3.70. The number of amides is 2. The summed E-state index contributed by atoms with van der Waals surface area (Å²) in [7, 11) is 0. The SMILES string of the molecule is O=C1CC(NC(=O)c2ccccc2)c2ccccc2NC1=O. The maximum atomic E-state index is 12.3. The van der Waals surface area contributed by atoms with E-state index in [9.17, 15) is 14.4 Å². The van der Waals surface area contributed by atoms with Crippen LogP contribution in [-0.4, -0.2) is 17.6 Å². The highest BCUT2D eigenvalue weighted by Gasteiger charge is 2.29. The summed E-state index contributed by atoms with van der Waals surface area (Å²) < 4.78 is 0. The summed E-state index contributed by atoms with van der Waals surface area (Å²) in [5, 5.41) is 5.41. The zero-order valence-corrected chi connectivity index (χ0v) is 11.7. The minimum atomic E-state index is -0.649. The largest absolute Gasteiger partial charge is 0.345 e. The van der Waals surface area contributed by atoms with Gasteiger partial charge < -0.3 is 10.6 Å². The number of anilines is 1. The van der Waals surface area contributed by atoms with E-state index >= 15 is 0 Å². The Balaban J connectivity index is 1.90. The minimum Gasteiger partial charge on any atom is -0.345 e. The van der Waals surface area contributed by atoms with Gasteiger partial charge in [-0.1, -0.05) is 36.4 Å². The van der Waals surface area contributed by atoms with Crippen LogP contribution in [0.4, 0.5) is 5.69 Å². The lowest BCUT2D eigenvalue weighted by molar-refractivity contribution is -0.134. The molecule has 22 heavy (non-hydrogen) atoms. The topological polar surface area (TPSA) is 75.3 Å². The predicted molar refractivity (Wildman–Crippen MR) is 81.3 cm³/mol. The van der Waals surface area contributed by atoms with E-state index in [1.165, 1.54) is 0 Å². The van der Waals surface area contributed by atoms with Gasteiger partial charge in [-0.2, -0.15) is 0 Å². The Morgan fingerprint density at radius 1 is 1.00 bits per heavy atom. The molecule has 0 saturated carbocycles. The molecule has 0 aromatic heterocycles. The van der Waals surface area contributed by atoms with Crippen LogP contribution in [0.25, 0.3) is 0 Å². The number of hydrogen-bond donors (Lipinski definition) is 2. The average Bonchev–Trinajstić information content (AvgIpc) is 2.66. The van der Waals surface area contributed by atoms with Crippen LogP contribution in [0.15, 0.2) is 54.6 Å². The summed E-state index contributed by atoms with van der Waals surface area (Å²) in [5.41, 5.74) is 1.79. The van der Waals surface area contributed by atoms with Gasteiger partial charge >= 0.3 is 0 Å². The Hall–Kier alpha value is -2.95. The van der Waals surface area contributed by atoms with Crippen LogP contribution in [0.2, 0.25) is 0 Å². The molecule has 2 aromatic carbocycles. The fraction of sp³-hybridized carbons (Fsp3) is 0.118. The smallest absolute Gasteiger partial charge is 0.291 e. The number of rotatable bonds is 2. The van der Waals surface area contributed by atoms with Crippen molar-refractivity contribution in [3.63, 3.8) is 0 Å². The lowest BCUT2D eigenvalue weighted by Gasteiger charge is -2.18. The normalized spacial score (nSPS) is 17.2. The molecule has 0 fully saturated rings. The molecule has 0 bridgehead atoms. The molecule has 2 amide bonds. The first-order valence-corrected chi connectivity index (χ1v) is 6.94. The second-order valence-corrected chi connectivity index (χ2v) is 5.06. The summed E-state index contributed by atoms with van der Waals surface area (Å²) in [6, 6.07) is 15.3. The molecule has 5 heteroatoms. The van der Waals surface area contributed by atoms with Crippen LogP contribution in [0, 0.1) is 0 Å². The summed E-state index contributed by atoms with van der Waals surface area (Å²) in [6.07, 6.45) is -0.0541. The van der Waals surface area contributed by atoms with E-state index in [-0.39, 0.29) is 12.3 Å². The number of hydrogen-bond acceptors (Lipinski definition) is 3. The molecule has 0 saturated heterocycles. The zero-order chi connectivity index (χ0) is 15.5. The molecule has 2 N–H and O–H groups in total. The second-order valence-electron chi connectivity index (χ2n) is 5.06. The van der Waals surface area contributed by atoms with Crippen molar-refractivity contribution in [2.75, 3.05) is 5.32 Å². The van der Waals surface area contributed by atoms with Gasteiger partial charge in [0, 0.05) is 17.7 Å². The summed E-state index contributed by atoms with van der Waals surface area (Å²) in [4.78, 5) is 35.8. The van der Waals surface area contributed by atoms with Crippen LogP contribution < -0.4 is 10.6 Å². The molecule has 5 nitrogen and oxygen atoms in total. The van der Waals surface area contributed by atoms with Gasteiger partial charge in [0.05, 0.1) is 6.04 Å². The first-order valence-electron chi connectivity index (χ1n) is 6.94. The first-order chi connectivity index (χ1) is 10.6. The Morgan fingerprint density at radius 2 is 1.68 bits per heavy atom. The predicted octanol–water partition coefficient (Wildman–Crippen LogP) is 2.07. The molecule has 1 heterocycles. The molecule has 1 unspecified atom stereocenters. The van der Waals surface area contributed by atoms with Gasteiger partial charge in [0.15, 0.2) is 0 Å². The van der Waals surface area contributed by atoms with Gasteiger partial charge in [-0.05, 0) is 23.8 Å². The van der Waals surface area contributed by atoms with E-state index in [0.29, 0.717) is 11.3 Å². The summed E-state index contributed by atoms with van der Waals surface area (Å²) in [5.74, 6) is -1.47. The van der Waals surface area contributed by atoms with Crippen LogP contribution >= 0.6 is 0 Å². The number of carbonyl (C=O) groups excluding carboxylic acids is 3. The van der Waals surface area contributed by atoms with E-state index in [1.54, 1.807) is 42.5 Å². The van der Waals surface area contributed by atoms with Crippen LogP contribution in [0.1, 0.15) is 28.4 Å². The molecule has 110 valence electrons. The molecular formula is C17H14N2O3. The Bertz CT molecular complexity index is 741. The highest BCUT2D eigenvalue weighted by molar-refractivity contribution is 6.41. The first kappa shape index (κ1) is 14.0. The van der Waals surface area contributed by atoms with Crippen LogP contribution in [0.3, 0.4) is 0 Å². The van der Waals surface area contributed by atoms with Crippen molar-refractivity contribution in [2.24, 2.45) is 0 Å². The van der Waals surface area contributed by atoms with Crippen molar-refractivity contribution >= 4 is 23.3 Å². The van der Waals surface area contributed by atoms with Crippen molar-refractivity contribution in [3.05, 3.63) is 65.7 Å². The third-order valence-electron chi connectivity index (χ3n) is 3.57. The third-order valence-corrected chi connectivity index (χ3v) is 3.57.